The second-order valence-electron chi connectivity index (χ2n) is 7.96. The molecule has 0 aliphatic heterocycles. The number of nitrogens with zero attached hydrogens (tertiary/aromatic N) is 2. The molecule has 4 rings (SSSR count). The van der Waals surface area contributed by atoms with Crippen LogP contribution in [0.5, 0.6) is 0 Å². The molecule has 2 aliphatic carbocycles. The van der Waals surface area contributed by atoms with E-state index >= 15 is 0 Å². The number of rotatable bonds is 8. The van der Waals surface area contributed by atoms with E-state index in [0.717, 1.165) is 37.4 Å². The Morgan fingerprint density at radius 3 is 2.88 bits per heavy atom. The highest BCUT2D eigenvalue weighted by Crippen LogP contribution is 2.34. The molecule has 1 aromatic heterocycles. The van der Waals surface area contributed by atoms with Gasteiger partial charge < -0.3 is 10.4 Å². The number of carbonyl (C=O) groups is 1. The molecule has 5 heteroatoms. The van der Waals surface area contributed by atoms with Crippen molar-refractivity contribution in [2.75, 3.05) is 13.1 Å². The van der Waals surface area contributed by atoms with Gasteiger partial charge in [-0.05, 0) is 61.8 Å². The van der Waals surface area contributed by atoms with Crippen LogP contribution in [0, 0.1) is 12.8 Å². The van der Waals surface area contributed by atoms with Crippen molar-refractivity contribution in [1.29, 1.82) is 0 Å². The minimum absolute atomic E-state index is 0.185. The highest BCUT2D eigenvalue weighted by molar-refractivity contribution is 5.82. The van der Waals surface area contributed by atoms with Gasteiger partial charge in [0.15, 0.2) is 0 Å². The topological polar surface area (TPSA) is 65.5 Å². The number of hydrogen-bond acceptors (Lipinski definition) is 4. The van der Waals surface area contributed by atoms with Crippen LogP contribution in [0.2, 0.25) is 0 Å². The molecule has 0 radical (unpaired) electrons. The number of hydrogen-bond donors (Lipinski definition) is 2. The van der Waals surface area contributed by atoms with E-state index in [-0.39, 0.29) is 6.54 Å². The molecule has 0 unspecified atom stereocenters. The standard InChI is InChI=1S/C21H27N3O2/c1-14-7-16(8-17-3-2-6-22-21(14)17)11-23-18-9-19(10-18)24(13-20(25)26)12-15-4-5-15/h2-3,6-8,15,18-19,23H,4-5,9-13H2,1H3,(H,25,26). The van der Waals surface area contributed by atoms with Crippen LogP contribution in [-0.2, 0) is 11.3 Å². The molecule has 138 valence electrons. The molecule has 1 aromatic carbocycles. The monoisotopic (exact) mass is 353 g/mol. The van der Waals surface area contributed by atoms with Crippen LogP contribution in [0.4, 0.5) is 0 Å². The molecular formula is C21H27N3O2. The van der Waals surface area contributed by atoms with E-state index in [1.807, 2.05) is 12.3 Å². The van der Waals surface area contributed by atoms with Gasteiger partial charge in [0.2, 0.25) is 0 Å². The first-order chi connectivity index (χ1) is 12.6. The lowest BCUT2D eigenvalue weighted by atomic mass is 9.85. The molecule has 0 bridgehead atoms. The van der Waals surface area contributed by atoms with E-state index < -0.39 is 5.97 Å². The second-order valence-corrected chi connectivity index (χ2v) is 7.96. The Morgan fingerprint density at radius 2 is 2.15 bits per heavy atom. The second kappa shape index (κ2) is 7.33. The zero-order valence-corrected chi connectivity index (χ0v) is 15.3. The van der Waals surface area contributed by atoms with Crippen LogP contribution in [0.3, 0.4) is 0 Å². The van der Waals surface area contributed by atoms with Crippen LogP contribution in [-0.4, -0.2) is 46.1 Å². The van der Waals surface area contributed by atoms with Gasteiger partial charge in [-0.1, -0.05) is 12.1 Å². The number of fused-ring (bicyclic) bond motifs is 1. The van der Waals surface area contributed by atoms with Crippen molar-refractivity contribution in [2.24, 2.45) is 5.92 Å². The Morgan fingerprint density at radius 1 is 1.35 bits per heavy atom. The largest absolute Gasteiger partial charge is 0.480 e. The third kappa shape index (κ3) is 4.05. The number of carboxylic acid groups (broad SMARTS) is 1. The Labute approximate surface area is 154 Å². The van der Waals surface area contributed by atoms with Crippen molar-refractivity contribution < 1.29 is 9.90 Å². The quantitative estimate of drug-likeness (QED) is 0.764. The predicted molar refractivity (Wildman–Crippen MR) is 102 cm³/mol. The summed E-state index contributed by atoms with van der Waals surface area (Å²) in [4.78, 5) is 17.8. The molecule has 26 heavy (non-hydrogen) atoms. The summed E-state index contributed by atoms with van der Waals surface area (Å²) in [6, 6.07) is 9.42. The first-order valence-corrected chi connectivity index (χ1v) is 9.62. The van der Waals surface area contributed by atoms with Gasteiger partial charge in [0.1, 0.15) is 0 Å². The van der Waals surface area contributed by atoms with Crippen molar-refractivity contribution >= 4 is 16.9 Å². The minimum Gasteiger partial charge on any atom is -0.480 e. The van der Waals surface area contributed by atoms with Gasteiger partial charge in [-0.3, -0.25) is 14.7 Å². The third-order valence-electron chi connectivity index (χ3n) is 5.71. The fourth-order valence-electron chi connectivity index (χ4n) is 4.02. The molecule has 0 saturated heterocycles. The van der Waals surface area contributed by atoms with Crippen molar-refractivity contribution in [3.8, 4) is 0 Å². The first-order valence-electron chi connectivity index (χ1n) is 9.62. The predicted octanol–water partition coefficient (Wildman–Crippen LogP) is 2.96. The zero-order chi connectivity index (χ0) is 18.1. The highest BCUT2D eigenvalue weighted by Gasteiger charge is 2.36. The van der Waals surface area contributed by atoms with Crippen LogP contribution in [0.1, 0.15) is 36.8 Å². The molecular weight excluding hydrogens is 326 g/mol. The lowest BCUT2D eigenvalue weighted by Gasteiger charge is -2.43. The Balaban J connectivity index is 1.30. The number of carboxylic acids is 1. The molecule has 1 heterocycles. The summed E-state index contributed by atoms with van der Waals surface area (Å²) in [6.07, 6.45) is 6.47. The van der Waals surface area contributed by atoms with Crippen LogP contribution < -0.4 is 5.32 Å². The molecule has 5 nitrogen and oxygen atoms in total. The Bertz CT molecular complexity index is 797. The number of pyridine rings is 1. The fraction of sp³-hybridized carbons (Fsp3) is 0.524. The summed E-state index contributed by atoms with van der Waals surface area (Å²) < 4.78 is 0. The van der Waals surface area contributed by atoms with E-state index in [0.29, 0.717) is 12.1 Å². The van der Waals surface area contributed by atoms with Gasteiger partial charge in [-0.15, -0.1) is 0 Å². The van der Waals surface area contributed by atoms with Crippen molar-refractivity contribution in [3.63, 3.8) is 0 Å². The fourth-order valence-corrected chi connectivity index (χ4v) is 4.02. The Hall–Kier alpha value is -1.98. The third-order valence-corrected chi connectivity index (χ3v) is 5.71. The molecule has 2 N–H and O–H groups in total. The SMILES string of the molecule is Cc1cc(CNC2CC(N(CC(=O)O)CC3CC3)C2)cc2cccnc12. The summed E-state index contributed by atoms with van der Waals surface area (Å²) in [7, 11) is 0. The maximum atomic E-state index is 11.1. The number of aryl methyl sites for hydroxylation is 1. The van der Waals surface area contributed by atoms with Gasteiger partial charge in [0, 0.05) is 36.8 Å². The summed E-state index contributed by atoms with van der Waals surface area (Å²) in [6.45, 7) is 4.11. The average Bonchev–Trinajstić information content (AvgIpc) is 3.37. The van der Waals surface area contributed by atoms with Crippen molar-refractivity contribution in [3.05, 3.63) is 41.6 Å². The zero-order valence-electron chi connectivity index (χ0n) is 15.3. The lowest BCUT2D eigenvalue weighted by molar-refractivity contribution is -0.139. The van der Waals surface area contributed by atoms with Crippen molar-refractivity contribution in [1.82, 2.24) is 15.2 Å². The molecule has 0 atom stereocenters. The van der Waals surface area contributed by atoms with E-state index in [1.165, 1.54) is 29.4 Å². The number of nitrogens with one attached hydrogen (secondary N) is 1. The van der Waals surface area contributed by atoms with Gasteiger partial charge in [-0.2, -0.15) is 0 Å². The average molecular weight is 353 g/mol. The first kappa shape index (κ1) is 17.4. The number of aromatic nitrogens is 1. The van der Waals surface area contributed by atoms with Gasteiger partial charge >= 0.3 is 5.97 Å². The van der Waals surface area contributed by atoms with Crippen LogP contribution in [0.15, 0.2) is 30.5 Å². The van der Waals surface area contributed by atoms with Gasteiger partial charge in [0.05, 0.1) is 12.1 Å². The van der Waals surface area contributed by atoms with E-state index in [4.69, 9.17) is 5.11 Å². The van der Waals surface area contributed by atoms with Crippen LogP contribution >= 0.6 is 0 Å². The number of benzene rings is 1. The molecule has 2 saturated carbocycles. The smallest absolute Gasteiger partial charge is 0.317 e. The van der Waals surface area contributed by atoms with E-state index in [2.05, 4.69) is 40.3 Å². The molecule has 2 aliphatic rings. The van der Waals surface area contributed by atoms with Gasteiger partial charge in [-0.25, -0.2) is 0 Å². The molecule has 2 aromatic rings. The normalized spacial score (nSPS) is 22.5. The lowest BCUT2D eigenvalue weighted by Crippen LogP contribution is -2.54. The minimum atomic E-state index is -0.706. The highest BCUT2D eigenvalue weighted by atomic mass is 16.4. The summed E-state index contributed by atoms with van der Waals surface area (Å²) in [5.74, 6) is 0.0258. The van der Waals surface area contributed by atoms with Gasteiger partial charge in [0.25, 0.3) is 0 Å². The summed E-state index contributed by atoms with van der Waals surface area (Å²) >= 11 is 0. The maximum absolute atomic E-state index is 11.1. The summed E-state index contributed by atoms with van der Waals surface area (Å²) in [5.41, 5.74) is 3.57. The van der Waals surface area contributed by atoms with E-state index in [9.17, 15) is 4.79 Å². The Kier molecular flexibility index (Phi) is 4.92. The molecule has 0 spiro atoms. The number of aliphatic carboxylic acids is 1. The van der Waals surface area contributed by atoms with Crippen LogP contribution in [0.25, 0.3) is 10.9 Å². The molecule has 0 amide bonds. The van der Waals surface area contributed by atoms with E-state index in [1.54, 1.807) is 0 Å². The maximum Gasteiger partial charge on any atom is 0.317 e. The van der Waals surface area contributed by atoms with Crippen molar-refractivity contribution in [2.45, 2.75) is 51.2 Å². The molecule has 2 fully saturated rings. The summed E-state index contributed by atoms with van der Waals surface area (Å²) in [5, 5.41) is 14.0.